The molecule has 3 aliphatic carbocycles. The van der Waals surface area contributed by atoms with Crippen LogP contribution in [0.1, 0.15) is 47.3 Å². The first-order chi connectivity index (χ1) is 17.3. The summed E-state index contributed by atoms with van der Waals surface area (Å²) < 4.78 is 1.77. The van der Waals surface area contributed by atoms with Gasteiger partial charge in [0.15, 0.2) is 0 Å². The highest BCUT2D eigenvalue weighted by Gasteiger charge is 2.95. The molecule has 8 nitrogen and oxygen atoms in total. The van der Waals surface area contributed by atoms with E-state index in [4.69, 9.17) is 0 Å². The molecule has 0 bridgehead atoms. The molecule has 0 saturated heterocycles. The average Bonchev–Trinajstić information content (AvgIpc) is 3.78. The van der Waals surface area contributed by atoms with Gasteiger partial charge in [-0.1, -0.05) is 18.2 Å². The van der Waals surface area contributed by atoms with E-state index in [2.05, 4.69) is 21.5 Å². The van der Waals surface area contributed by atoms with Gasteiger partial charge in [-0.15, -0.1) is 0 Å². The molecule has 3 fully saturated rings. The van der Waals surface area contributed by atoms with E-state index in [0.29, 0.717) is 24.9 Å². The van der Waals surface area contributed by atoms with Crippen LogP contribution < -0.4 is 5.32 Å². The molecule has 1 aromatic carbocycles. The molecule has 0 unspecified atom stereocenters. The SMILES string of the molecule is CN(/C=C\c1cccc(C(=O)NC2(C34CC3(C(=O)O)C4)CC2)c1)Cc1ccc(-c2cnn(C)c2)cn1. The maximum atomic E-state index is 13.0. The molecule has 3 aliphatic rings. The van der Waals surface area contributed by atoms with Crippen molar-refractivity contribution in [3.05, 3.63) is 78.0 Å². The van der Waals surface area contributed by atoms with Gasteiger partial charge >= 0.3 is 5.97 Å². The Labute approximate surface area is 209 Å². The molecule has 184 valence electrons. The molecule has 3 saturated carbocycles. The number of rotatable bonds is 9. The number of aliphatic carboxylic acids is 1. The maximum Gasteiger partial charge on any atom is 0.310 e. The molecule has 0 aliphatic heterocycles. The zero-order valence-corrected chi connectivity index (χ0v) is 20.4. The summed E-state index contributed by atoms with van der Waals surface area (Å²) in [6.07, 6.45) is 12.7. The average molecular weight is 484 g/mol. The molecule has 2 heterocycles. The van der Waals surface area contributed by atoms with Gasteiger partial charge in [-0.25, -0.2) is 0 Å². The molecular weight excluding hydrogens is 454 g/mol. The van der Waals surface area contributed by atoms with Crippen molar-refractivity contribution in [2.24, 2.45) is 17.9 Å². The fourth-order valence-electron chi connectivity index (χ4n) is 5.74. The zero-order chi connectivity index (χ0) is 25.1. The second-order valence-electron chi connectivity index (χ2n) is 10.7. The van der Waals surface area contributed by atoms with Crippen LogP contribution in [0.3, 0.4) is 0 Å². The van der Waals surface area contributed by atoms with Gasteiger partial charge in [0, 0.05) is 54.1 Å². The van der Waals surface area contributed by atoms with Gasteiger partial charge in [-0.2, -0.15) is 5.10 Å². The normalized spacial score (nSPS) is 24.7. The topological polar surface area (TPSA) is 100 Å². The van der Waals surface area contributed by atoms with Crippen LogP contribution in [0.15, 0.2) is 61.2 Å². The largest absolute Gasteiger partial charge is 0.481 e. The van der Waals surface area contributed by atoms with Crippen molar-refractivity contribution >= 4 is 18.0 Å². The van der Waals surface area contributed by atoms with Crippen molar-refractivity contribution in [2.45, 2.75) is 37.8 Å². The second-order valence-corrected chi connectivity index (χ2v) is 10.7. The van der Waals surface area contributed by atoms with E-state index in [1.54, 1.807) is 4.68 Å². The number of aromatic nitrogens is 3. The number of nitrogens with one attached hydrogen (secondary N) is 1. The Morgan fingerprint density at radius 3 is 2.58 bits per heavy atom. The first-order valence-electron chi connectivity index (χ1n) is 12.2. The second kappa shape index (κ2) is 7.78. The minimum atomic E-state index is -0.709. The van der Waals surface area contributed by atoms with Crippen LogP contribution in [-0.2, 0) is 18.4 Å². The number of carbonyl (C=O) groups is 2. The zero-order valence-electron chi connectivity index (χ0n) is 20.4. The van der Waals surface area contributed by atoms with E-state index < -0.39 is 11.4 Å². The number of nitrogens with zero attached hydrogens (tertiary/aromatic N) is 4. The van der Waals surface area contributed by atoms with Gasteiger partial charge < -0.3 is 15.3 Å². The monoisotopic (exact) mass is 483 g/mol. The van der Waals surface area contributed by atoms with E-state index in [9.17, 15) is 14.7 Å². The molecule has 6 rings (SSSR count). The lowest BCUT2D eigenvalue weighted by Crippen LogP contribution is -2.41. The standard InChI is InChI=1S/C28H29N5O3/c1-32(16-23-7-6-21(13-29-23)22-14-30-33(2)15-22)11-8-19-4-3-5-20(12-19)24(34)31-28(9-10-28)27-17-26(27,18-27)25(35)36/h3-8,11-15H,9-10,16-18H2,1-2H3,(H,31,34)(H,35,36)/b11-8-. The number of carboxylic acids is 1. The Hall–Kier alpha value is -3.94. The highest BCUT2D eigenvalue weighted by atomic mass is 16.4. The lowest BCUT2D eigenvalue weighted by atomic mass is 10.0. The Bertz CT molecular complexity index is 1380. The number of fused-ring (bicyclic) bond motifs is 1. The van der Waals surface area contributed by atoms with Crippen molar-refractivity contribution in [3.8, 4) is 11.1 Å². The summed E-state index contributed by atoms with van der Waals surface area (Å²) in [7, 11) is 3.88. The summed E-state index contributed by atoms with van der Waals surface area (Å²) in [6.45, 7) is 0.653. The van der Waals surface area contributed by atoms with Crippen molar-refractivity contribution in [1.29, 1.82) is 0 Å². The van der Waals surface area contributed by atoms with Crippen molar-refractivity contribution in [1.82, 2.24) is 25.0 Å². The fraction of sp³-hybridized carbons (Fsp3) is 0.357. The molecule has 1 amide bonds. The number of carboxylic acid groups (broad SMARTS) is 1. The first kappa shape index (κ1) is 22.5. The minimum Gasteiger partial charge on any atom is -0.481 e. The predicted octanol–water partition coefficient (Wildman–Crippen LogP) is 3.71. The fourth-order valence-corrected chi connectivity index (χ4v) is 5.74. The van der Waals surface area contributed by atoms with E-state index in [1.165, 1.54) is 0 Å². The van der Waals surface area contributed by atoms with Crippen LogP contribution in [0, 0.1) is 10.8 Å². The lowest BCUT2D eigenvalue weighted by Gasteiger charge is -2.20. The Kier molecular flexibility index (Phi) is 4.87. The minimum absolute atomic E-state index is 0.124. The summed E-state index contributed by atoms with van der Waals surface area (Å²) >= 11 is 0. The molecule has 0 spiro atoms. The van der Waals surface area contributed by atoms with Crippen LogP contribution in [0.4, 0.5) is 0 Å². The van der Waals surface area contributed by atoms with Crippen LogP contribution in [0.2, 0.25) is 0 Å². The molecule has 36 heavy (non-hydrogen) atoms. The summed E-state index contributed by atoms with van der Waals surface area (Å²) in [6, 6.07) is 11.6. The molecule has 3 aromatic rings. The Balaban J connectivity index is 1.07. The molecule has 8 heteroatoms. The molecular formula is C28H29N5O3. The van der Waals surface area contributed by atoms with Crippen LogP contribution in [0.25, 0.3) is 17.2 Å². The number of pyridine rings is 1. The van der Waals surface area contributed by atoms with E-state index in [0.717, 1.165) is 35.2 Å². The summed E-state index contributed by atoms with van der Waals surface area (Å²) in [5, 5.41) is 16.9. The van der Waals surface area contributed by atoms with E-state index in [-0.39, 0.29) is 16.9 Å². The molecule has 2 aromatic heterocycles. The summed E-state index contributed by atoms with van der Waals surface area (Å²) in [4.78, 5) is 31.2. The number of hydrogen-bond donors (Lipinski definition) is 2. The Morgan fingerprint density at radius 1 is 1.17 bits per heavy atom. The first-order valence-corrected chi connectivity index (χ1v) is 12.2. The molecule has 0 atom stereocenters. The third-order valence-electron chi connectivity index (χ3n) is 8.25. The summed E-state index contributed by atoms with van der Waals surface area (Å²) in [5.41, 5.74) is 3.45. The van der Waals surface area contributed by atoms with Crippen LogP contribution in [0.5, 0.6) is 0 Å². The number of carbonyl (C=O) groups excluding carboxylic acids is 1. The van der Waals surface area contributed by atoms with Gasteiger partial charge in [0.25, 0.3) is 5.91 Å². The number of aryl methyl sites for hydroxylation is 1. The Morgan fingerprint density at radius 2 is 1.97 bits per heavy atom. The van der Waals surface area contributed by atoms with Crippen molar-refractivity contribution in [3.63, 3.8) is 0 Å². The smallest absolute Gasteiger partial charge is 0.310 e. The van der Waals surface area contributed by atoms with Crippen molar-refractivity contribution in [2.75, 3.05) is 7.05 Å². The summed E-state index contributed by atoms with van der Waals surface area (Å²) in [5.74, 6) is -0.833. The van der Waals surface area contributed by atoms with Crippen LogP contribution in [-0.4, -0.2) is 49.2 Å². The van der Waals surface area contributed by atoms with Gasteiger partial charge in [0.05, 0.1) is 23.9 Å². The third-order valence-corrected chi connectivity index (χ3v) is 8.25. The van der Waals surface area contributed by atoms with Gasteiger partial charge in [0.2, 0.25) is 0 Å². The molecule has 0 radical (unpaired) electrons. The van der Waals surface area contributed by atoms with E-state index in [1.807, 2.05) is 80.2 Å². The van der Waals surface area contributed by atoms with Crippen molar-refractivity contribution < 1.29 is 14.7 Å². The number of amides is 1. The number of benzene rings is 1. The quantitative estimate of drug-likeness (QED) is 0.481. The third kappa shape index (κ3) is 3.59. The highest BCUT2D eigenvalue weighted by Crippen LogP contribution is 2.93. The molecule has 2 N–H and O–H groups in total. The maximum absolute atomic E-state index is 13.0. The van der Waals surface area contributed by atoms with Gasteiger partial charge in [0.1, 0.15) is 0 Å². The predicted molar refractivity (Wildman–Crippen MR) is 135 cm³/mol. The van der Waals surface area contributed by atoms with Gasteiger partial charge in [-0.3, -0.25) is 19.3 Å². The lowest BCUT2D eigenvalue weighted by molar-refractivity contribution is -0.141. The van der Waals surface area contributed by atoms with Crippen LogP contribution >= 0.6 is 0 Å². The van der Waals surface area contributed by atoms with E-state index >= 15 is 0 Å². The number of hydrogen-bond acceptors (Lipinski definition) is 5. The van der Waals surface area contributed by atoms with Gasteiger partial charge in [-0.05, 0) is 61.7 Å². The highest BCUT2D eigenvalue weighted by molar-refractivity contribution is 5.96.